The third kappa shape index (κ3) is 4.54. The second-order valence-electron chi connectivity index (χ2n) is 6.98. The van der Waals surface area contributed by atoms with Gasteiger partial charge in [0.05, 0.1) is 23.5 Å². The van der Waals surface area contributed by atoms with Crippen molar-refractivity contribution in [2.45, 2.75) is 0 Å². The highest BCUT2D eigenvalue weighted by Gasteiger charge is 2.23. The molecule has 1 N–H and O–H groups in total. The molecule has 0 unspecified atom stereocenters. The van der Waals surface area contributed by atoms with E-state index in [2.05, 4.69) is 20.4 Å². The first-order chi connectivity index (χ1) is 15.1. The number of hydrogen-bond donors (Lipinski definition) is 1. The molecule has 2 heterocycles. The van der Waals surface area contributed by atoms with Gasteiger partial charge in [-0.2, -0.15) is 0 Å². The van der Waals surface area contributed by atoms with Crippen molar-refractivity contribution in [1.29, 1.82) is 0 Å². The average Bonchev–Trinajstić information content (AvgIpc) is 2.81. The van der Waals surface area contributed by atoms with Gasteiger partial charge in [0.1, 0.15) is 11.6 Å². The summed E-state index contributed by atoms with van der Waals surface area (Å²) in [5, 5.41) is 11.4. The van der Waals surface area contributed by atoms with Crippen molar-refractivity contribution in [1.82, 2.24) is 15.1 Å². The number of piperazine rings is 1. The molecule has 0 saturated carbocycles. The van der Waals surface area contributed by atoms with Crippen molar-refractivity contribution in [2.75, 3.05) is 43.5 Å². The number of ether oxygens (including phenoxy) is 1. The predicted molar refractivity (Wildman–Crippen MR) is 118 cm³/mol. The van der Waals surface area contributed by atoms with E-state index in [9.17, 15) is 9.18 Å². The minimum atomic E-state index is -0.565. The van der Waals surface area contributed by atoms with E-state index in [1.54, 1.807) is 12.0 Å². The van der Waals surface area contributed by atoms with E-state index in [1.807, 2.05) is 36.4 Å². The summed E-state index contributed by atoms with van der Waals surface area (Å²) in [6, 6.07) is 15.3. The van der Waals surface area contributed by atoms with Gasteiger partial charge in [-0.3, -0.25) is 0 Å². The largest absolute Gasteiger partial charge is 0.496 e. The van der Waals surface area contributed by atoms with Gasteiger partial charge >= 0.3 is 6.03 Å². The summed E-state index contributed by atoms with van der Waals surface area (Å²) in [5.41, 5.74) is 1.59. The number of carbonyl (C=O) groups is 1. The second kappa shape index (κ2) is 9.18. The Bertz CT molecular complexity index is 1050. The third-order valence-electron chi connectivity index (χ3n) is 5.12. The normalized spacial score (nSPS) is 13.8. The Labute approximate surface area is 184 Å². The van der Waals surface area contributed by atoms with Crippen LogP contribution in [0.2, 0.25) is 5.02 Å². The summed E-state index contributed by atoms with van der Waals surface area (Å²) < 4.78 is 19.3. The van der Waals surface area contributed by atoms with Gasteiger partial charge in [0, 0.05) is 31.7 Å². The van der Waals surface area contributed by atoms with Crippen LogP contribution in [0.3, 0.4) is 0 Å². The highest BCUT2D eigenvalue weighted by molar-refractivity contribution is 6.33. The molecule has 160 valence electrons. The van der Waals surface area contributed by atoms with Gasteiger partial charge in [0.2, 0.25) is 0 Å². The van der Waals surface area contributed by atoms with Crippen LogP contribution in [0.4, 0.5) is 20.7 Å². The van der Waals surface area contributed by atoms with Crippen LogP contribution in [0.1, 0.15) is 0 Å². The van der Waals surface area contributed by atoms with Crippen molar-refractivity contribution < 1.29 is 13.9 Å². The minimum absolute atomic E-state index is 0.00519. The van der Waals surface area contributed by atoms with Crippen molar-refractivity contribution in [3.63, 3.8) is 0 Å². The van der Waals surface area contributed by atoms with Crippen LogP contribution in [0.5, 0.6) is 5.75 Å². The summed E-state index contributed by atoms with van der Waals surface area (Å²) in [7, 11) is 1.62. The van der Waals surface area contributed by atoms with Crippen LogP contribution < -0.4 is 15.0 Å². The Kier molecular flexibility index (Phi) is 6.18. The van der Waals surface area contributed by atoms with E-state index in [0.717, 1.165) is 22.8 Å². The number of benzene rings is 2. The molecule has 1 aliphatic rings. The molecule has 1 aliphatic heterocycles. The monoisotopic (exact) mass is 441 g/mol. The van der Waals surface area contributed by atoms with Crippen molar-refractivity contribution in [3.8, 4) is 17.0 Å². The van der Waals surface area contributed by atoms with Gasteiger partial charge in [0.15, 0.2) is 5.82 Å². The lowest BCUT2D eigenvalue weighted by molar-refractivity contribution is 0.208. The minimum Gasteiger partial charge on any atom is -0.496 e. The predicted octanol–water partition coefficient (Wildman–Crippen LogP) is 4.30. The van der Waals surface area contributed by atoms with E-state index in [1.165, 1.54) is 18.2 Å². The van der Waals surface area contributed by atoms with Crippen LogP contribution in [0, 0.1) is 5.82 Å². The van der Waals surface area contributed by atoms with Crippen LogP contribution in [0.25, 0.3) is 11.3 Å². The van der Waals surface area contributed by atoms with Gasteiger partial charge < -0.3 is 19.9 Å². The van der Waals surface area contributed by atoms with Gasteiger partial charge in [-0.15, -0.1) is 10.2 Å². The fraction of sp³-hybridized carbons (Fsp3) is 0.227. The Balaban J connectivity index is 1.38. The van der Waals surface area contributed by atoms with Crippen LogP contribution in [-0.4, -0.2) is 54.4 Å². The summed E-state index contributed by atoms with van der Waals surface area (Å²) in [4.78, 5) is 16.2. The molecule has 7 nitrogen and oxygen atoms in total. The lowest BCUT2D eigenvalue weighted by atomic mass is 10.1. The first kappa shape index (κ1) is 20.9. The summed E-state index contributed by atoms with van der Waals surface area (Å²) >= 11 is 5.99. The fourth-order valence-electron chi connectivity index (χ4n) is 3.44. The topological polar surface area (TPSA) is 70.6 Å². The molecule has 4 rings (SSSR count). The van der Waals surface area contributed by atoms with Gasteiger partial charge in [-0.25, -0.2) is 9.18 Å². The SMILES string of the molecule is COc1ccccc1-c1ccc(N2CCN(C(=O)Nc3c(F)cccc3Cl)CC2)nn1. The lowest BCUT2D eigenvalue weighted by Crippen LogP contribution is -2.50. The molecule has 31 heavy (non-hydrogen) atoms. The number of methoxy groups -OCH3 is 1. The number of rotatable bonds is 4. The Morgan fingerprint density at radius 1 is 1.03 bits per heavy atom. The Hall–Kier alpha value is -3.39. The van der Waals surface area contributed by atoms with Crippen LogP contribution in [-0.2, 0) is 0 Å². The molecule has 3 aromatic rings. The molecule has 0 atom stereocenters. The molecular weight excluding hydrogens is 421 g/mol. The maximum Gasteiger partial charge on any atom is 0.322 e. The highest BCUT2D eigenvalue weighted by atomic mass is 35.5. The number of halogens is 2. The number of nitrogens with zero attached hydrogens (tertiary/aromatic N) is 4. The first-order valence-electron chi connectivity index (χ1n) is 9.79. The molecular formula is C22H21ClFN5O2. The maximum absolute atomic E-state index is 13.9. The van der Waals surface area contributed by atoms with E-state index in [4.69, 9.17) is 16.3 Å². The highest BCUT2D eigenvalue weighted by Crippen LogP contribution is 2.28. The molecule has 1 aromatic heterocycles. The second-order valence-corrected chi connectivity index (χ2v) is 7.39. The number of urea groups is 1. The molecule has 0 spiro atoms. The summed E-state index contributed by atoms with van der Waals surface area (Å²) in [6.45, 7) is 2.10. The van der Waals surface area contributed by atoms with Crippen molar-refractivity contribution in [3.05, 3.63) is 65.4 Å². The third-order valence-corrected chi connectivity index (χ3v) is 5.43. The number of amides is 2. The molecule has 1 saturated heterocycles. The molecule has 2 amide bonds. The molecule has 0 radical (unpaired) electrons. The number of aromatic nitrogens is 2. The number of nitrogens with one attached hydrogen (secondary N) is 1. The van der Waals surface area contributed by atoms with Crippen LogP contribution in [0.15, 0.2) is 54.6 Å². The Morgan fingerprint density at radius 3 is 2.48 bits per heavy atom. The Morgan fingerprint density at radius 2 is 1.81 bits per heavy atom. The quantitative estimate of drug-likeness (QED) is 0.653. The first-order valence-corrected chi connectivity index (χ1v) is 10.2. The van der Waals surface area contributed by atoms with Crippen molar-refractivity contribution in [2.24, 2.45) is 0 Å². The summed E-state index contributed by atoms with van der Waals surface area (Å²) in [5.74, 6) is 0.903. The number of para-hydroxylation sites is 2. The lowest BCUT2D eigenvalue weighted by Gasteiger charge is -2.35. The van der Waals surface area contributed by atoms with E-state index in [0.29, 0.717) is 26.2 Å². The zero-order chi connectivity index (χ0) is 21.8. The standard InChI is InChI=1S/C22H21ClFN5O2/c1-31-19-8-3-2-5-15(19)18-9-10-20(27-26-18)28-11-13-29(14-12-28)22(30)25-21-16(23)6-4-7-17(21)24/h2-10H,11-14H2,1H3,(H,25,30). The summed E-state index contributed by atoms with van der Waals surface area (Å²) in [6.07, 6.45) is 0. The molecule has 9 heteroatoms. The van der Waals surface area contributed by atoms with Crippen molar-refractivity contribution >= 4 is 29.1 Å². The zero-order valence-corrected chi connectivity index (χ0v) is 17.6. The molecule has 0 bridgehead atoms. The van der Waals surface area contributed by atoms with E-state index >= 15 is 0 Å². The number of anilines is 2. The average molecular weight is 442 g/mol. The van der Waals surface area contributed by atoms with Crippen LogP contribution >= 0.6 is 11.6 Å². The number of hydrogen-bond acceptors (Lipinski definition) is 5. The zero-order valence-electron chi connectivity index (χ0n) is 16.9. The van der Waals surface area contributed by atoms with E-state index in [-0.39, 0.29) is 16.7 Å². The number of carbonyl (C=O) groups excluding carboxylic acids is 1. The van der Waals surface area contributed by atoms with Gasteiger partial charge in [-0.1, -0.05) is 29.8 Å². The molecule has 1 fully saturated rings. The molecule has 2 aromatic carbocycles. The van der Waals surface area contributed by atoms with E-state index < -0.39 is 5.82 Å². The fourth-order valence-corrected chi connectivity index (χ4v) is 3.65. The molecule has 0 aliphatic carbocycles. The van der Waals surface area contributed by atoms with Gasteiger partial charge in [0.25, 0.3) is 0 Å². The maximum atomic E-state index is 13.9. The van der Waals surface area contributed by atoms with Gasteiger partial charge in [-0.05, 0) is 36.4 Å². The smallest absolute Gasteiger partial charge is 0.322 e.